The van der Waals surface area contributed by atoms with Gasteiger partial charge in [-0.05, 0) is 12.1 Å². The van der Waals surface area contributed by atoms with Crippen molar-refractivity contribution >= 4 is 23.2 Å². The van der Waals surface area contributed by atoms with Gasteiger partial charge in [-0.25, -0.2) is 8.78 Å². The van der Waals surface area contributed by atoms with Crippen LogP contribution in [-0.2, 0) is 4.79 Å². The molecule has 2 nitrogen and oxygen atoms in total. The third kappa shape index (κ3) is 3.47. The summed E-state index contributed by atoms with van der Waals surface area (Å²) in [6, 6.07) is 2.82. The minimum absolute atomic E-state index is 0.0921. The first kappa shape index (κ1) is 11.9. The number of carbonyl (C=O) groups excluding carboxylic acids is 1. The van der Waals surface area contributed by atoms with E-state index in [9.17, 15) is 13.6 Å². The minimum Gasteiger partial charge on any atom is -0.326 e. The molecule has 82 valence electrons. The number of hydrogen-bond donors (Lipinski definition) is 1. The number of carbonyl (C=O) groups is 1. The van der Waals surface area contributed by atoms with Gasteiger partial charge in [0.1, 0.15) is 11.6 Å². The van der Waals surface area contributed by atoms with Crippen LogP contribution in [-0.4, -0.2) is 11.8 Å². The van der Waals surface area contributed by atoms with Gasteiger partial charge in [-0.15, -0.1) is 11.6 Å². The lowest BCUT2D eigenvalue weighted by atomic mass is 10.2. The lowest BCUT2D eigenvalue weighted by Crippen LogP contribution is -2.21. The van der Waals surface area contributed by atoms with E-state index in [0.717, 1.165) is 18.2 Å². The summed E-state index contributed by atoms with van der Waals surface area (Å²) in [5, 5.41) is 2.37. The van der Waals surface area contributed by atoms with Crippen molar-refractivity contribution < 1.29 is 13.6 Å². The van der Waals surface area contributed by atoms with Crippen LogP contribution in [0.4, 0.5) is 14.5 Å². The maximum atomic E-state index is 12.7. The predicted octanol–water partition coefficient (Wildman–Crippen LogP) is 2.78. The molecule has 1 amide bonds. The number of alkyl halides is 1. The summed E-state index contributed by atoms with van der Waals surface area (Å²) in [4.78, 5) is 11.3. The van der Waals surface area contributed by atoms with Gasteiger partial charge in [0.25, 0.3) is 0 Å². The molecule has 0 fully saturated rings. The molecule has 0 spiro atoms. The molecule has 0 bridgehead atoms. The molecule has 0 aliphatic heterocycles. The van der Waals surface area contributed by atoms with Gasteiger partial charge in [0.2, 0.25) is 5.91 Å². The fraction of sp³-hybridized carbons (Fsp3) is 0.300. The Labute approximate surface area is 91.2 Å². The zero-order valence-electron chi connectivity index (χ0n) is 8.06. The van der Waals surface area contributed by atoms with Crippen molar-refractivity contribution in [2.75, 3.05) is 11.2 Å². The smallest absolute Gasteiger partial charge is 0.228 e. The summed E-state index contributed by atoms with van der Waals surface area (Å²) in [6.45, 7) is 1.62. The van der Waals surface area contributed by atoms with Crippen LogP contribution < -0.4 is 5.32 Å². The minimum atomic E-state index is -0.733. The Morgan fingerprint density at radius 2 is 1.93 bits per heavy atom. The number of rotatable bonds is 3. The van der Waals surface area contributed by atoms with Crippen LogP contribution >= 0.6 is 11.6 Å². The molecular formula is C10H10ClF2NO. The highest BCUT2D eigenvalue weighted by Gasteiger charge is 2.12. The lowest BCUT2D eigenvalue weighted by Gasteiger charge is -2.09. The third-order valence-electron chi connectivity index (χ3n) is 1.81. The number of amides is 1. The van der Waals surface area contributed by atoms with Crippen molar-refractivity contribution in [3.63, 3.8) is 0 Å². The Bertz CT molecular complexity index is 350. The average Bonchev–Trinajstić information content (AvgIpc) is 2.14. The molecule has 0 aromatic heterocycles. The molecule has 1 aromatic rings. The zero-order valence-corrected chi connectivity index (χ0v) is 8.81. The van der Waals surface area contributed by atoms with E-state index in [1.54, 1.807) is 6.92 Å². The van der Waals surface area contributed by atoms with Crippen molar-refractivity contribution in [3.8, 4) is 0 Å². The van der Waals surface area contributed by atoms with Crippen LogP contribution in [0.3, 0.4) is 0 Å². The lowest BCUT2D eigenvalue weighted by molar-refractivity contribution is -0.118. The molecule has 1 N–H and O–H groups in total. The summed E-state index contributed by atoms with van der Waals surface area (Å²) in [6.07, 6.45) is 0. The number of nitrogens with one attached hydrogen (secondary N) is 1. The van der Waals surface area contributed by atoms with Crippen molar-refractivity contribution in [2.45, 2.75) is 6.92 Å². The van der Waals surface area contributed by atoms with Gasteiger partial charge in [-0.3, -0.25) is 4.79 Å². The second-order valence-electron chi connectivity index (χ2n) is 3.20. The Morgan fingerprint density at radius 3 is 2.40 bits per heavy atom. The molecule has 0 radical (unpaired) electrons. The Kier molecular flexibility index (Phi) is 4.03. The third-order valence-corrected chi connectivity index (χ3v) is 2.27. The molecule has 0 saturated heterocycles. The van der Waals surface area contributed by atoms with Gasteiger partial charge in [0, 0.05) is 23.6 Å². The first-order chi connectivity index (χ1) is 7.02. The van der Waals surface area contributed by atoms with E-state index < -0.39 is 17.6 Å². The average molecular weight is 234 g/mol. The highest BCUT2D eigenvalue weighted by molar-refractivity contribution is 6.19. The molecule has 15 heavy (non-hydrogen) atoms. The second kappa shape index (κ2) is 5.07. The molecular weight excluding hydrogens is 224 g/mol. The maximum absolute atomic E-state index is 12.7. The van der Waals surface area contributed by atoms with Crippen LogP contribution in [0.1, 0.15) is 6.92 Å². The van der Waals surface area contributed by atoms with Gasteiger partial charge in [0.05, 0.1) is 0 Å². The molecule has 1 aromatic carbocycles. The summed E-state index contributed by atoms with van der Waals surface area (Å²) in [7, 11) is 0. The summed E-state index contributed by atoms with van der Waals surface area (Å²) in [5.41, 5.74) is 0.0921. The van der Waals surface area contributed by atoms with Crippen LogP contribution in [0, 0.1) is 17.6 Å². The number of halogens is 3. The molecule has 0 aliphatic rings. The predicted molar refractivity (Wildman–Crippen MR) is 54.9 cm³/mol. The maximum Gasteiger partial charge on any atom is 0.228 e. The molecule has 0 heterocycles. The van der Waals surface area contributed by atoms with Crippen molar-refractivity contribution in [2.24, 2.45) is 5.92 Å². The van der Waals surface area contributed by atoms with Gasteiger partial charge < -0.3 is 5.32 Å². The number of anilines is 1. The van der Waals surface area contributed by atoms with Crippen molar-refractivity contribution in [3.05, 3.63) is 29.8 Å². The molecule has 1 unspecified atom stereocenters. The Balaban J connectivity index is 2.76. The molecule has 1 atom stereocenters. The zero-order chi connectivity index (χ0) is 11.4. The van der Waals surface area contributed by atoms with Crippen molar-refractivity contribution in [1.29, 1.82) is 0 Å². The highest BCUT2D eigenvalue weighted by Crippen LogP contribution is 2.14. The van der Waals surface area contributed by atoms with E-state index in [1.807, 2.05) is 0 Å². The second-order valence-corrected chi connectivity index (χ2v) is 3.51. The largest absolute Gasteiger partial charge is 0.326 e. The van der Waals surface area contributed by atoms with Gasteiger partial charge in [-0.2, -0.15) is 0 Å². The molecule has 5 heteroatoms. The fourth-order valence-electron chi connectivity index (χ4n) is 0.962. The van der Waals surface area contributed by atoms with E-state index in [1.165, 1.54) is 0 Å². The summed E-state index contributed by atoms with van der Waals surface area (Å²) < 4.78 is 25.5. The van der Waals surface area contributed by atoms with Crippen LogP contribution in [0.15, 0.2) is 18.2 Å². The number of hydrogen-bond acceptors (Lipinski definition) is 1. The van der Waals surface area contributed by atoms with E-state index in [-0.39, 0.29) is 17.5 Å². The first-order valence-electron chi connectivity index (χ1n) is 4.36. The first-order valence-corrected chi connectivity index (χ1v) is 4.89. The monoisotopic (exact) mass is 233 g/mol. The van der Waals surface area contributed by atoms with E-state index in [0.29, 0.717) is 0 Å². The molecule has 0 aliphatic carbocycles. The number of benzene rings is 1. The van der Waals surface area contributed by atoms with Gasteiger partial charge in [-0.1, -0.05) is 6.92 Å². The van der Waals surface area contributed by atoms with E-state index in [4.69, 9.17) is 11.6 Å². The Hall–Kier alpha value is -1.16. The SMILES string of the molecule is CC(CCl)C(=O)Nc1cc(F)cc(F)c1. The Morgan fingerprint density at radius 1 is 1.40 bits per heavy atom. The summed E-state index contributed by atoms with van der Waals surface area (Å²) >= 11 is 5.47. The van der Waals surface area contributed by atoms with Crippen molar-refractivity contribution in [1.82, 2.24) is 0 Å². The van der Waals surface area contributed by atoms with Crippen LogP contribution in [0.25, 0.3) is 0 Å². The topological polar surface area (TPSA) is 29.1 Å². The van der Waals surface area contributed by atoms with Crippen LogP contribution in [0.2, 0.25) is 0 Å². The quantitative estimate of drug-likeness (QED) is 0.800. The van der Waals surface area contributed by atoms with E-state index >= 15 is 0 Å². The fourth-order valence-corrected chi connectivity index (χ4v) is 1.10. The molecule has 0 saturated carbocycles. The summed E-state index contributed by atoms with van der Waals surface area (Å²) in [5.74, 6) is -2.08. The van der Waals surface area contributed by atoms with Crippen LogP contribution in [0.5, 0.6) is 0 Å². The standard InChI is InChI=1S/C10H10ClF2NO/c1-6(5-11)10(15)14-9-3-7(12)2-8(13)4-9/h2-4,6H,5H2,1H3,(H,14,15). The van der Waals surface area contributed by atoms with Gasteiger partial charge in [0.15, 0.2) is 0 Å². The highest BCUT2D eigenvalue weighted by atomic mass is 35.5. The molecule has 1 rings (SSSR count). The van der Waals surface area contributed by atoms with E-state index in [2.05, 4.69) is 5.32 Å². The normalized spacial score (nSPS) is 12.3. The van der Waals surface area contributed by atoms with Gasteiger partial charge >= 0.3 is 0 Å².